The summed E-state index contributed by atoms with van der Waals surface area (Å²) in [6, 6.07) is 10.7. The van der Waals surface area contributed by atoms with Crippen LogP contribution in [0.25, 0.3) is 0 Å². The summed E-state index contributed by atoms with van der Waals surface area (Å²) in [6.07, 6.45) is 3.59. The van der Waals surface area contributed by atoms with Gasteiger partial charge in [-0.15, -0.1) is 24.8 Å². The highest BCUT2D eigenvalue weighted by Gasteiger charge is 2.35. The molecule has 0 spiro atoms. The molecule has 0 atom stereocenters. The number of benzene rings is 1. The van der Waals surface area contributed by atoms with Crippen LogP contribution in [0.5, 0.6) is 0 Å². The zero-order chi connectivity index (χ0) is 16.0. The molecule has 1 aromatic carbocycles. The van der Waals surface area contributed by atoms with Crippen LogP contribution >= 0.6 is 24.8 Å². The van der Waals surface area contributed by atoms with Gasteiger partial charge in [0.25, 0.3) is 0 Å². The summed E-state index contributed by atoms with van der Waals surface area (Å²) in [6.45, 7) is 6.50. The van der Waals surface area contributed by atoms with Gasteiger partial charge in [-0.05, 0) is 37.8 Å². The van der Waals surface area contributed by atoms with Crippen molar-refractivity contribution in [1.29, 1.82) is 0 Å². The number of carbonyl (C=O) groups excluding carboxylic acids is 1. The third-order valence-corrected chi connectivity index (χ3v) is 5.18. The number of amides is 1. The lowest BCUT2D eigenvalue weighted by Gasteiger charge is -2.36. The topological polar surface area (TPSA) is 58.4 Å². The normalized spacial score (nSPS) is 15.2. The predicted molar refractivity (Wildman–Crippen MR) is 106 cm³/mol. The average molecular weight is 376 g/mol. The number of halogens is 2. The molecule has 0 bridgehead atoms. The van der Waals surface area contributed by atoms with Crippen LogP contribution in [0.3, 0.4) is 0 Å². The number of hydrogen-bond donors (Lipinski definition) is 2. The van der Waals surface area contributed by atoms with Crippen LogP contribution in [0.15, 0.2) is 30.3 Å². The van der Waals surface area contributed by atoms with Crippen LogP contribution in [-0.4, -0.2) is 31.6 Å². The van der Waals surface area contributed by atoms with Gasteiger partial charge in [-0.3, -0.25) is 4.79 Å². The van der Waals surface area contributed by atoms with Crippen molar-refractivity contribution in [2.75, 3.05) is 24.5 Å². The number of carbonyl (C=O) groups is 1. The highest BCUT2D eigenvalue weighted by Crippen LogP contribution is 2.26. The Morgan fingerprint density at radius 2 is 1.71 bits per heavy atom. The Bertz CT molecular complexity index is 464. The first kappa shape index (κ1) is 23.0. The molecule has 4 nitrogen and oxygen atoms in total. The molecule has 1 aromatic rings. The van der Waals surface area contributed by atoms with Gasteiger partial charge in [-0.25, -0.2) is 0 Å². The smallest absolute Gasteiger partial charge is 0.227 e. The van der Waals surface area contributed by atoms with Crippen LogP contribution in [0.2, 0.25) is 0 Å². The molecular formula is C18H31Cl2N3O. The van der Waals surface area contributed by atoms with Gasteiger partial charge >= 0.3 is 0 Å². The molecule has 0 radical (unpaired) electrons. The van der Waals surface area contributed by atoms with Crippen molar-refractivity contribution in [3.8, 4) is 0 Å². The van der Waals surface area contributed by atoms with E-state index in [1.807, 2.05) is 19.9 Å². The minimum Gasteiger partial charge on any atom is -0.371 e. The summed E-state index contributed by atoms with van der Waals surface area (Å²) >= 11 is 0. The first-order valence-corrected chi connectivity index (χ1v) is 8.46. The summed E-state index contributed by atoms with van der Waals surface area (Å²) < 4.78 is 0. The molecule has 1 fully saturated rings. The van der Waals surface area contributed by atoms with Crippen molar-refractivity contribution < 1.29 is 4.79 Å². The maximum atomic E-state index is 12.6. The van der Waals surface area contributed by atoms with Crippen molar-refractivity contribution in [2.45, 2.75) is 45.6 Å². The molecule has 2 rings (SSSR count). The quantitative estimate of drug-likeness (QED) is 0.800. The van der Waals surface area contributed by atoms with Crippen molar-refractivity contribution in [1.82, 2.24) is 5.32 Å². The average Bonchev–Trinajstić information content (AvgIpc) is 2.58. The van der Waals surface area contributed by atoms with Crippen molar-refractivity contribution in [2.24, 2.45) is 11.1 Å². The molecule has 1 heterocycles. The zero-order valence-corrected chi connectivity index (χ0v) is 16.3. The van der Waals surface area contributed by atoms with E-state index < -0.39 is 5.41 Å². The van der Waals surface area contributed by atoms with Gasteiger partial charge in [0.05, 0.1) is 5.41 Å². The van der Waals surface area contributed by atoms with Crippen LogP contribution in [0.1, 0.15) is 39.5 Å². The molecule has 1 aliphatic rings. The molecule has 138 valence electrons. The Morgan fingerprint density at radius 1 is 1.17 bits per heavy atom. The van der Waals surface area contributed by atoms with Crippen molar-refractivity contribution in [3.05, 3.63) is 30.3 Å². The first-order chi connectivity index (χ1) is 10.6. The number of piperidine rings is 1. The number of nitrogens with two attached hydrogens (primary N) is 1. The largest absolute Gasteiger partial charge is 0.371 e. The minimum absolute atomic E-state index is 0. The maximum Gasteiger partial charge on any atom is 0.227 e. The van der Waals surface area contributed by atoms with E-state index in [1.54, 1.807) is 0 Å². The highest BCUT2D eigenvalue weighted by atomic mass is 35.5. The molecule has 6 heteroatoms. The fourth-order valence-electron chi connectivity index (χ4n) is 3.21. The lowest BCUT2D eigenvalue weighted by Crippen LogP contribution is -2.51. The third-order valence-electron chi connectivity index (χ3n) is 5.18. The number of hydrogen-bond acceptors (Lipinski definition) is 3. The summed E-state index contributed by atoms with van der Waals surface area (Å²) in [4.78, 5) is 15.0. The fourth-order valence-corrected chi connectivity index (χ4v) is 3.21. The first-order valence-electron chi connectivity index (χ1n) is 8.46. The second-order valence-electron chi connectivity index (χ2n) is 6.26. The van der Waals surface area contributed by atoms with E-state index in [0.29, 0.717) is 6.54 Å². The number of rotatable bonds is 6. The molecular weight excluding hydrogens is 345 g/mol. The molecule has 0 aromatic heterocycles. The number of nitrogens with zero attached hydrogens (tertiary/aromatic N) is 1. The van der Waals surface area contributed by atoms with Gasteiger partial charge in [0.15, 0.2) is 0 Å². The highest BCUT2D eigenvalue weighted by molar-refractivity contribution is 5.85. The van der Waals surface area contributed by atoms with Gasteiger partial charge in [0, 0.05) is 31.4 Å². The standard InChI is InChI=1S/C18H29N3O.2ClH/c1-3-18(4-2,14-19)17(22)20-15-10-12-21(13-11-15)16-8-6-5-7-9-16;;/h5-9,15H,3-4,10-14,19H2,1-2H3,(H,20,22);2*1H. The van der Waals surface area contributed by atoms with E-state index in [4.69, 9.17) is 5.73 Å². The maximum absolute atomic E-state index is 12.6. The molecule has 3 N–H and O–H groups in total. The molecule has 0 unspecified atom stereocenters. The van der Waals surface area contributed by atoms with E-state index >= 15 is 0 Å². The van der Waals surface area contributed by atoms with Gasteiger partial charge in [-0.2, -0.15) is 0 Å². The lowest BCUT2D eigenvalue weighted by atomic mass is 9.81. The number of nitrogens with one attached hydrogen (secondary N) is 1. The van der Waals surface area contributed by atoms with E-state index in [0.717, 1.165) is 38.8 Å². The van der Waals surface area contributed by atoms with Gasteiger partial charge in [-0.1, -0.05) is 32.0 Å². The van der Waals surface area contributed by atoms with Crippen LogP contribution in [0, 0.1) is 5.41 Å². The van der Waals surface area contributed by atoms with Crippen LogP contribution in [0.4, 0.5) is 5.69 Å². The van der Waals surface area contributed by atoms with Crippen molar-refractivity contribution in [3.63, 3.8) is 0 Å². The lowest BCUT2D eigenvalue weighted by molar-refractivity contribution is -0.131. The second kappa shape index (κ2) is 10.8. The summed E-state index contributed by atoms with van der Waals surface area (Å²) in [7, 11) is 0. The number of anilines is 1. The number of para-hydroxylation sites is 1. The molecule has 0 aliphatic carbocycles. The Balaban J connectivity index is 0.00000264. The Kier molecular flexibility index (Phi) is 10.4. The van der Waals surface area contributed by atoms with E-state index in [2.05, 4.69) is 34.5 Å². The summed E-state index contributed by atoms with van der Waals surface area (Å²) in [5, 5.41) is 3.24. The Labute approximate surface area is 158 Å². The van der Waals surface area contributed by atoms with Gasteiger partial charge < -0.3 is 16.0 Å². The van der Waals surface area contributed by atoms with Crippen LogP contribution < -0.4 is 16.0 Å². The van der Waals surface area contributed by atoms with Crippen LogP contribution in [-0.2, 0) is 4.79 Å². The van der Waals surface area contributed by atoms with Gasteiger partial charge in [0.1, 0.15) is 0 Å². The monoisotopic (exact) mass is 375 g/mol. The third kappa shape index (κ3) is 5.27. The Hall–Kier alpha value is -0.970. The second-order valence-corrected chi connectivity index (χ2v) is 6.26. The molecule has 0 saturated carbocycles. The molecule has 1 amide bonds. The predicted octanol–water partition coefficient (Wildman–Crippen LogP) is 3.38. The van der Waals surface area contributed by atoms with Crippen molar-refractivity contribution >= 4 is 36.4 Å². The molecule has 24 heavy (non-hydrogen) atoms. The molecule has 1 aliphatic heterocycles. The summed E-state index contributed by atoms with van der Waals surface area (Å²) in [5.74, 6) is 0.137. The van der Waals surface area contributed by atoms with E-state index in [-0.39, 0.29) is 36.8 Å². The fraction of sp³-hybridized carbons (Fsp3) is 0.611. The zero-order valence-electron chi connectivity index (χ0n) is 14.7. The summed E-state index contributed by atoms with van der Waals surface area (Å²) in [5.41, 5.74) is 6.74. The van der Waals surface area contributed by atoms with E-state index in [9.17, 15) is 4.79 Å². The minimum atomic E-state index is -0.392. The van der Waals surface area contributed by atoms with E-state index in [1.165, 1.54) is 5.69 Å². The Morgan fingerprint density at radius 3 is 2.17 bits per heavy atom. The SMILES string of the molecule is CCC(CC)(CN)C(=O)NC1CCN(c2ccccc2)CC1.Cl.Cl. The molecule has 1 saturated heterocycles. The van der Waals surface area contributed by atoms with Gasteiger partial charge in [0.2, 0.25) is 5.91 Å².